The van der Waals surface area contributed by atoms with Crippen LogP contribution >= 0.6 is 11.3 Å². The normalized spacial score (nSPS) is 10.9. The van der Waals surface area contributed by atoms with Crippen LogP contribution in [0.2, 0.25) is 0 Å². The second-order valence-electron chi connectivity index (χ2n) is 8.08. The van der Waals surface area contributed by atoms with Gasteiger partial charge in [0, 0.05) is 18.0 Å². The average Bonchev–Trinajstić information content (AvgIpc) is 3.27. The number of aryl methyl sites for hydroxylation is 1. The van der Waals surface area contributed by atoms with E-state index in [4.69, 9.17) is 4.98 Å². The molecule has 0 aliphatic heterocycles. The Balaban J connectivity index is 1.45. The van der Waals surface area contributed by atoms with Crippen molar-refractivity contribution in [1.82, 2.24) is 9.97 Å². The highest BCUT2D eigenvalue weighted by Gasteiger charge is 2.22. The summed E-state index contributed by atoms with van der Waals surface area (Å²) in [5, 5.41) is 0.692. The molecule has 2 aromatic heterocycles. The molecule has 5 heteroatoms. The van der Waals surface area contributed by atoms with E-state index in [2.05, 4.69) is 30.1 Å². The number of amides is 1. The highest BCUT2D eigenvalue weighted by Crippen LogP contribution is 2.31. The van der Waals surface area contributed by atoms with Crippen LogP contribution in [0.1, 0.15) is 32.6 Å². The number of anilines is 1. The van der Waals surface area contributed by atoms with E-state index in [-0.39, 0.29) is 5.91 Å². The van der Waals surface area contributed by atoms with Crippen molar-refractivity contribution in [2.75, 3.05) is 4.90 Å². The van der Waals surface area contributed by atoms with E-state index in [1.54, 1.807) is 28.6 Å². The molecule has 5 rings (SSSR count). The number of thiazole rings is 1. The van der Waals surface area contributed by atoms with Crippen molar-refractivity contribution >= 4 is 32.6 Å². The van der Waals surface area contributed by atoms with Crippen LogP contribution in [-0.2, 0) is 13.0 Å². The van der Waals surface area contributed by atoms with Gasteiger partial charge in [0.05, 0.1) is 16.8 Å². The van der Waals surface area contributed by atoms with E-state index in [9.17, 15) is 4.79 Å². The van der Waals surface area contributed by atoms with Crippen molar-refractivity contribution in [3.8, 4) is 0 Å². The maximum Gasteiger partial charge on any atom is 0.260 e. The zero-order chi connectivity index (χ0) is 22.6. The van der Waals surface area contributed by atoms with Gasteiger partial charge in [0.2, 0.25) is 0 Å². The third kappa shape index (κ3) is 4.83. The fraction of sp³-hybridized carbons (Fsp3) is 0.107. The van der Waals surface area contributed by atoms with Crippen LogP contribution < -0.4 is 4.90 Å². The first-order chi connectivity index (χ1) is 16.2. The number of benzene rings is 3. The van der Waals surface area contributed by atoms with Gasteiger partial charge in [-0.15, -0.1) is 0 Å². The van der Waals surface area contributed by atoms with Crippen LogP contribution in [0.4, 0.5) is 5.13 Å². The first kappa shape index (κ1) is 21.0. The molecule has 0 atom stereocenters. The predicted molar refractivity (Wildman–Crippen MR) is 135 cm³/mol. The lowest BCUT2D eigenvalue weighted by Gasteiger charge is -2.20. The Morgan fingerprint density at radius 1 is 0.879 bits per heavy atom. The van der Waals surface area contributed by atoms with Gasteiger partial charge in [-0.3, -0.25) is 14.7 Å². The van der Waals surface area contributed by atoms with Crippen LogP contribution in [0, 0.1) is 6.92 Å². The molecule has 0 fully saturated rings. The summed E-state index contributed by atoms with van der Waals surface area (Å²) < 4.78 is 1.08. The summed E-state index contributed by atoms with van der Waals surface area (Å²) >= 11 is 1.54. The van der Waals surface area contributed by atoms with Crippen molar-refractivity contribution in [1.29, 1.82) is 0 Å². The number of pyridine rings is 1. The number of aromatic nitrogens is 2. The van der Waals surface area contributed by atoms with Crippen molar-refractivity contribution < 1.29 is 4.79 Å². The number of carbonyl (C=O) groups excluding carboxylic acids is 1. The van der Waals surface area contributed by atoms with Gasteiger partial charge in [-0.1, -0.05) is 65.9 Å². The molecule has 0 bridgehead atoms. The van der Waals surface area contributed by atoms with Crippen LogP contribution in [-0.4, -0.2) is 15.9 Å². The Kier molecular flexibility index (Phi) is 5.96. The molecule has 2 heterocycles. The average molecular weight is 450 g/mol. The second kappa shape index (κ2) is 9.35. The lowest BCUT2D eigenvalue weighted by atomic mass is 10.0. The summed E-state index contributed by atoms with van der Waals surface area (Å²) in [5.74, 6) is -0.0686. The zero-order valence-electron chi connectivity index (χ0n) is 18.3. The lowest BCUT2D eigenvalue weighted by molar-refractivity contribution is 0.0985. The number of hydrogen-bond donors (Lipinski definition) is 0. The van der Waals surface area contributed by atoms with Crippen LogP contribution in [0.3, 0.4) is 0 Å². The molecule has 162 valence electrons. The van der Waals surface area contributed by atoms with Crippen molar-refractivity contribution in [2.24, 2.45) is 0 Å². The van der Waals surface area contributed by atoms with Gasteiger partial charge in [0.1, 0.15) is 0 Å². The lowest BCUT2D eigenvalue weighted by Crippen LogP contribution is -2.30. The maximum atomic E-state index is 13.6. The van der Waals surface area contributed by atoms with Crippen molar-refractivity contribution in [3.05, 3.63) is 125 Å². The number of nitrogens with zero attached hydrogens (tertiary/aromatic N) is 3. The van der Waals surface area contributed by atoms with E-state index in [1.165, 1.54) is 16.7 Å². The Labute approximate surface area is 197 Å². The molecule has 33 heavy (non-hydrogen) atoms. The summed E-state index contributed by atoms with van der Waals surface area (Å²) in [5.41, 5.74) is 6.11. The molecule has 0 aliphatic rings. The third-order valence-electron chi connectivity index (χ3n) is 5.52. The van der Waals surface area contributed by atoms with E-state index in [0.29, 0.717) is 17.2 Å². The first-order valence-electron chi connectivity index (χ1n) is 10.9. The topological polar surface area (TPSA) is 46.1 Å². The van der Waals surface area contributed by atoms with Gasteiger partial charge in [0.25, 0.3) is 5.91 Å². The SMILES string of the molecule is Cc1ccc2nc(N(Cc3cccnc3)C(=O)c3ccc(Cc4ccccc4)cc3)sc2c1. The van der Waals surface area contributed by atoms with Gasteiger partial charge in [0.15, 0.2) is 5.13 Å². The highest BCUT2D eigenvalue weighted by atomic mass is 32.1. The molecule has 4 nitrogen and oxygen atoms in total. The summed E-state index contributed by atoms with van der Waals surface area (Å²) in [6.45, 7) is 2.48. The fourth-order valence-electron chi connectivity index (χ4n) is 3.79. The Morgan fingerprint density at radius 3 is 2.39 bits per heavy atom. The Bertz CT molecular complexity index is 1380. The number of hydrogen-bond acceptors (Lipinski definition) is 4. The second-order valence-corrected chi connectivity index (χ2v) is 9.09. The number of fused-ring (bicyclic) bond motifs is 1. The van der Waals surface area contributed by atoms with Crippen molar-refractivity contribution in [3.63, 3.8) is 0 Å². The van der Waals surface area contributed by atoms with Crippen LogP contribution in [0.25, 0.3) is 10.2 Å². The molecule has 0 spiro atoms. The molecule has 1 amide bonds. The molecule has 0 aliphatic carbocycles. The minimum Gasteiger partial charge on any atom is -0.279 e. The van der Waals surface area contributed by atoms with Gasteiger partial charge in [-0.2, -0.15) is 0 Å². The Hall–Kier alpha value is -3.83. The molecule has 3 aromatic carbocycles. The molecule has 5 aromatic rings. The van der Waals surface area contributed by atoms with Crippen molar-refractivity contribution in [2.45, 2.75) is 19.9 Å². The number of carbonyl (C=O) groups is 1. The van der Waals surface area contributed by atoms with E-state index < -0.39 is 0 Å². The smallest absolute Gasteiger partial charge is 0.260 e. The third-order valence-corrected chi connectivity index (χ3v) is 6.57. The molecule has 0 radical (unpaired) electrons. The van der Waals surface area contributed by atoms with E-state index >= 15 is 0 Å². The van der Waals surface area contributed by atoms with E-state index in [1.807, 2.05) is 66.7 Å². The summed E-state index contributed by atoms with van der Waals surface area (Å²) in [4.78, 5) is 24.4. The maximum absolute atomic E-state index is 13.6. The highest BCUT2D eigenvalue weighted by molar-refractivity contribution is 7.22. The minimum atomic E-state index is -0.0686. The first-order valence-corrected chi connectivity index (χ1v) is 11.7. The van der Waals surface area contributed by atoms with Gasteiger partial charge >= 0.3 is 0 Å². The summed E-state index contributed by atoms with van der Waals surface area (Å²) in [6, 6.07) is 28.3. The van der Waals surface area contributed by atoms with Gasteiger partial charge in [-0.05, 0) is 65.9 Å². The fourth-order valence-corrected chi connectivity index (χ4v) is 4.85. The monoisotopic (exact) mass is 449 g/mol. The van der Waals surface area contributed by atoms with Crippen LogP contribution in [0.5, 0.6) is 0 Å². The predicted octanol–water partition coefficient (Wildman–Crippen LogP) is 6.44. The standard InChI is InChI=1S/C28H23N3OS/c1-20-9-14-25-26(16-20)33-28(30-25)31(19-23-8-5-15-29-18-23)27(32)24-12-10-22(11-13-24)17-21-6-3-2-4-7-21/h2-16,18H,17,19H2,1H3. The summed E-state index contributed by atoms with van der Waals surface area (Å²) in [6.07, 6.45) is 4.37. The molecule has 0 saturated heterocycles. The number of rotatable bonds is 6. The largest absolute Gasteiger partial charge is 0.279 e. The van der Waals surface area contributed by atoms with Gasteiger partial charge < -0.3 is 0 Å². The van der Waals surface area contributed by atoms with E-state index in [0.717, 1.165) is 22.2 Å². The molecule has 0 N–H and O–H groups in total. The molecular formula is C28H23N3OS. The quantitative estimate of drug-likeness (QED) is 0.300. The molecular weight excluding hydrogens is 426 g/mol. The molecule has 0 saturated carbocycles. The van der Waals surface area contributed by atoms with Crippen LogP contribution in [0.15, 0.2) is 97.3 Å². The van der Waals surface area contributed by atoms with Gasteiger partial charge in [-0.25, -0.2) is 4.98 Å². The molecule has 0 unspecified atom stereocenters. The zero-order valence-corrected chi connectivity index (χ0v) is 19.1. The minimum absolute atomic E-state index is 0.0686. The Morgan fingerprint density at radius 2 is 1.64 bits per heavy atom. The summed E-state index contributed by atoms with van der Waals surface area (Å²) in [7, 11) is 0.